The maximum atomic E-state index is 8.42. The third kappa shape index (κ3) is 431. The van der Waals surface area contributed by atoms with Crippen molar-refractivity contribution in [1.82, 2.24) is 0 Å². The molecule has 0 heterocycles. The van der Waals surface area contributed by atoms with E-state index in [1.807, 2.05) is 0 Å². The predicted molar refractivity (Wildman–Crippen MR) is 39.4 cm³/mol. The largest absolute Gasteiger partial charge is 2.00 e. The van der Waals surface area contributed by atoms with E-state index in [9.17, 15) is 0 Å². The van der Waals surface area contributed by atoms with Gasteiger partial charge in [0.05, 0.1) is 10.2 Å². The molecule has 0 bridgehead atoms. The molecule has 13 heteroatoms. The summed E-state index contributed by atoms with van der Waals surface area (Å²) in [6.07, 6.45) is 0. The Morgan fingerprint density at radius 3 is 0.846 bits per heavy atom. The molecule has 0 unspecified atom stereocenters. The van der Waals surface area contributed by atoms with E-state index in [1.165, 1.54) is 0 Å². The van der Waals surface area contributed by atoms with Crippen LogP contribution in [0.2, 0.25) is 0 Å². The summed E-state index contributed by atoms with van der Waals surface area (Å²) >= 11 is 0.0250. The average Bonchev–Trinajstić information content (AvgIpc) is 1.93. The summed E-state index contributed by atoms with van der Waals surface area (Å²) < 4.78 is 16.8. The molecule has 0 aliphatic heterocycles. The van der Waals surface area contributed by atoms with Gasteiger partial charge in [-0.15, -0.1) is 0 Å². The van der Waals surface area contributed by atoms with E-state index in [0.29, 0.717) is 0 Å². The zero-order valence-electron chi connectivity index (χ0n) is 6.28. The number of nitrogens with zero attached hydrogens (tertiary/aromatic N) is 2. The van der Waals surface area contributed by atoms with Gasteiger partial charge in [0.1, 0.15) is 0 Å². The number of rotatable bonds is 0. The van der Waals surface area contributed by atoms with Gasteiger partial charge in [0.2, 0.25) is 0 Å². The van der Waals surface area contributed by atoms with E-state index in [4.69, 9.17) is 32.5 Å². The minimum Gasteiger partial charge on any atom is 2.00 e. The van der Waals surface area contributed by atoms with Crippen LogP contribution in [-0.2, 0) is 1.90 Å². The fraction of sp³-hybridized carbons (Fsp3) is 0. The third-order valence-corrected chi connectivity index (χ3v) is 0. The van der Waals surface area contributed by atoms with Crippen LogP contribution in [0.3, 0.4) is 0 Å². The first kappa shape index (κ1) is 29.5. The quantitative estimate of drug-likeness (QED) is 0.271. The monoisotopic (exact) mass is 372 g/mol. The molecule has 0 radical (unpaired) electrons. The maximum absolute atomic E-state index is 8.42. The zero-order valence-corrected chi connectivity index (χ0v) is 15.4. The summed E-state index contributed by atoms with van der Waals surface area (Å²) in [5, 5.41) is 29.5. The minimum absolute atomic E-state index is 0. The molecular weight excluding hydrogens is 371 g/mol. The van der Waals surface area contributed by atoms with Crippen molar-refractivity contribution in [1.29, 1.82) is 0 Å². The number of hydrogen-bond acceptors (Lipinski definition) is 8. The van der Waals surface area contributed by atoms with Gasteiger partial charge in [-0.05, 0) is 0 Å². The number of hydrogen-bond donors (Lipinski definition) is 0. The van der Waals surface area contributed by atoms with Gasteiger partial charge in [-0.25, -0.2) is 0 Å². The fourth-order valence-corrected chi connectivity index (χ4v) is 0. The van der Waals surface area contributed by atoms with Crippen LogP contribution in [0.5, 0.6) is 0 Å². The van der Waals surface area contributed by atoms with Crippen molar-refractivity contribution >= 4 is 125 Å². The van der Waals surface area contributed by atoms with Gasteiger partial charge in [-0.3, -0.25) is 0 Å². The van der Waals surface area contributed by atoms with Gasteiger partial charge in [0, 0.05) is 0 Å². The Morgan fingerprint density at radius 2 is 0.846 bits per heavy atom. The second kappa shape index (κ2) is 36.8. The second-order valence-corrected chi connectivity index (χ2v) is 0.447. The average molecular weight is 371 g/mol. The first-order valence-corrected chi connectivity index (χ1v) is 3.99. The molecule has 0 aromatic heterocycles. The van der Waals surface area contributed by atoms with Gasteiger partial charge in [0.25, 0.3) is 0 Å². The van der Waals surface area contributed by atoms with Gasteiger partial charge in [-0.1, -0.05) is 0 Å². The van der Waals surface area contributed by atoms with Gasteiger partial charge in [-0.2, -0.15) is 0 Å². The smallest absolute Gasteiger partial charge is 2.00 e. The Bertz CT molecular complexity index is 96.7. The first-order valence-electron chi connectivity index (χ1n) is 1.67. The summed E-state index contributed by atoms with van der Waals surface area (Å²) in [5.41, 5.74) is 0. The minimum atomic E-state index is -1.75. The van der Waals surface area contributed by atoms with Crippen molar-refractivity contribution in [3.8, 4) is 0 Å². The molecule has 0 aromatic carbocycles. The van der Waals surface area contributed by atoms with Crippen molar-refractivity contribution in [2.24, 2.45) is 0 Å². The van der Waals surface area contributed by atoms with Gasteiger partial charge in [0.15, 0.2) is 0 Å². The normalized spacial score (nSPS) is 4.62. The summed E-state index contributed by atoms with van der Waals surface area (Å²) in [6, 6.07) is 0. The standard InChI is InChI=1S/Ca.2NO3.2O.2Sr/c;2*2-1(3)4;;;;/q;2*-1;;;;+2. The molecule has 0 fully saturated rings. The molecule has 64 valence electrons. The van der Waals surface area contributed by atoms with Crippen molar-refractivity contribution in [3.63, 3.8) is 0 Å². The van der Waals surface area contributed by atoms with E-state index in [2.05, 4.69) is 0 Å². The third-order valence-electron chi connectivity index (χ3n) is 0. The van der Waals surface area contributed by atoms with Gasteiger partial charge < -0.3 is 30.6 Å². The van der Waals surface area contributed by atoms with E-state index in [-0.39, 0.29) is 125 Å². The van der Waals surface area contributed by atoms with Crippen LogP contribution < -0.4 is 0 Å². The molecule has 0 saturated heterocycles. The SMILES string of the molecule is O=[N+]([O-])[O-].O=[N+]([O-])[O-].[O]=[Ca].[O]=[Sr].[Sr+2]. The van der Waals surface area contributed by atoms with Crippen LogP contribution in [-0.4, -0.2) is 135 Å². The molecule has 0 amide bonds. The molecule has 10 nitrogen and oxygen atoms in total. The van der Waals surface area contributed by atoms with E-state index in [1.54, 1.807) is 0 Å². The van der Waals surface area contributed by atoms with Crippen LogP contribution in [0.4, 0.5) is 0 Å². The zero-order chi connectivity index (χ0) is 11.2. The maximum Gasteiger partial charge on any atom is 2.00 e. The molecule has 0 rings (SSSR count). The van der Waals surface area contributed by atoms with Crippen LogP contribution >= 0.6 is 0 Å². The van der Waals surface area contributed by atoms with Gasteiger partial charge >= 0.3 is 127 Å². The Balaban J connectivity index is -0.0000000226. The molecule has 0 aliphatic rings. The predicted octanol–water partition coefficient (Wildman–Crippen LogP) is -1.86. The summed E-state index contributed by atoms with van der Waals surface area (Å²) in [5.74, 6) is 0. The summed E-state index contributed by atoms with van der Waals surface area (Å²) in [6.45, 7) is 0. The molecule has 0 aromatic rings. The topological polar surface area (TPSA) is 167 Å². The van der Waals surface area contributed by atoms with E-state index < -0.39 is 10.2 Å². The summed E-state index contributed by atoms with van der Waals surface area (Å²) in [7, 11) is 0. The molecule has 0 N–H and O–H groups in total. The Morgan fingerprint density at radius 1 is 0.846 bits per heavy atom. The molecule has 0 aliphatic carbocycles. The van der Waals surface area contributed by atoms with E-state index >= 15 is 0 Å². The Hall–Kier alpha value is 2.22. The van der Waals surface area contributed by atoms with Crippen LogP contribution in [0.25, 0.3) is 0 Å². The molecular formula is CaN2O8Sr2. The van der Waals surface area contributed by atoms with Crippen LogP contribution in [0.1, 0.15) is 0 Å². The Labute approximate surface area is 163 Å². The fourth-order valence-electron chi connectivity index (χ4n) is 0. The van der Waals surface area contributed by atoms with Crippen molar-refractivity contribution in [2.45, 2.75) is 0 Å². The van der Waals surface area contributed by atoms with E-state index in [0.717, 1.165) is 0 Å². The molecule has 0 saturated carbocycles. The molecule has 0 atom stereocenters. The van der Waals surface area contributed by atoms with Crippen LogP contribution in [0, 0.1) is 30.6 Å². The second-order valence-electron chi connectivity index (χ2n) is 0.447. The van der Waals surface area contributed by atoms with Crippen molar-refractivity contribution in [2.75, 3.05) is 0 Å². The first-order chi connectivity index (χ1) is 5.46. The van der Waals surface area contributed by atoms with Crippen molar-refractivity contribution < 1.29 is 12.1 Å². The molecule has 13 heavy (non-hydrogen) atoms. The van der Waals surface area contributed by atoms with Crippen LogP contribution in [0.15, 0.2) is 0 Å². The summed E-state index contributed by atoms with van der Waals surface area (Å²) in [4.78, 5) is 16.5. The Kier molecular flexibility index (Phi) is 83.4. The molecule has 0 spiro atoms. The van der Waals surface area contributed by atoms with Crippen molar-refractivity contribution in [3.05, 3.63) is 30.6 Å².